The fourth-order valence-corrected chi connectivity index (χ4v) is 1.84. The number of carbonyl (C=O) groups is 2. The molecule has 2 aromatic heterocycles. The van der Waals surface area contributed by atoms with E-state index >= 15 is 0 Å². The highest BCUT2D eigenvalue weighted by Crippen LogP contribution is 2.19. The third kappa shape index (κ3) is 3.93. The quantitative estimate of drug-likeness (QED) is 0.685. The number of carbonyl (C=O) groups excluding carboxylic acids is 2. The second kappa shape index (κ2) is 6.55. The molecule has 0 fully saturated rings. The van der Waals surface area contributed by atoms with Crippen molar-refractivity contribution in [3.8, 4) is 0 Å². The second-order valence-electron chi connectivity index (χ2n) is 3.94. The van der Waals surface area contributed by atoms with Gasteiger partial charge in [-0.2, -0.15) is 5.10 Å². The summed E-state index contributed by atoms with van der Waals surface area (Å²) in [5, 5.41) is 6.85. The van der Waals surface area contributed by atoms with Gasteiger partial charge in [-0.15, -0.1) is 0 Å². The van der Waals surface area contributed by atoms with E-state index in [2.05, 4.69) is 20.1 Å². The zero-order chi connectivity index (χ0) is 15.4. The number of rotatable bonds is 4. The zero-order valence-corrected chi connectivity index (χ0v) is 12.4. The Kier molecular flexibility index (Phi) is 4.77. The van der Waals surface area contributed by atoms with Gasteiger partial charge in [0.25, 0.3) is 5.91 Å². The SMILES string of the molecule is COC(=O)Cn1cc(NC(=O)c2cc(Cl)ncc2Cl)cn1. The molecule has 110 valence electrons. The maximum Gasteiger partial charge on any atom is 0.327 e. The zero-order valence-electron chi connectivity index (χ0n) is 10.8. The summed E-state index contributed by atoms with van der Waals surface area (Å²) in [6.07, 6.45) is 4.18. The molecule has 0 aliphatic rings. The lowest BCUT2D eigenvalue weighted by atomic mass is 10.2. The van der Waals surface area contributed by atoms with Crippen LogP contribution in [0.25, 0.3) is 0 Å². The molecule has 1 amide bonds. The van der Waals surface area contributed by atoms with Crippen molar-refractivity contribution in [1.29, 1.82) is 0 Å². The predicted octanol–water partition coefficient (Wildman–Crippen LogP) is 2.01. The Bertz CT molecular complexity index is 687. The fraction of sp³-hybridized carbons (Fsp3) is 0.167. The lowest BCUT2D eigenvalue weighted by Gasteiger charge is -2.04. The molecular formula is C12H10Cl2N4O3. The number of pyridine rings is 1. The number of hydrogen-bond donors (Lipinski definition) is 1. The van der Waals surface area contributed by atoms with Crippen LogP contribution in [0.1, 0.15) is 10.4 Å². The van der Waals surface area contributed by atoms with Crippen LogP contribution < -0.4 is 5.32 Å². The summed E-state index contributed by atoms with van der Waals surface area (Å²) >= 11 is 11.6. The van der Waals surface area contributed by atoms with Crippen LogP contribution in [0.3, 0.4) is 0 Å². The lowest BCUT2D eigenvalue weighted by Crippen LogP contribution is -2.13. The number of methoxy groups -OCH3 is 1. The number of ether oxygens (including phenoxy) is 1. The molecule has 2 rings (SSSR count). The average Bonchev–Trinajstić information content (AvgIpc) is 2.88. The first-order valence-corrected chi connectivity index (χ1v) is 6.47. The van der Waals surface area contributed by atoms with Gasteiger partial charge in [0.2, 0.25) is 0 Å². The number of hydrogen-bond acceptors (Lipinski definition) is 5. The minimum absolute atomic E-state index is 0.0474. The Morgan fingerprint density at radius 1 is 1.38 bits per heavy atom. The van der Waals surface area contributed by atoms with E-state index in [1.165, 1.54) is 36.4 Å². The van der Waals surface area contributed by atoms with Gasteiger partial charge in [0.05, 0.1) is 29.6 Å². The highest BCUT2D eigenvalue weighted by atomic mass is 35.5. The molecule has 0 bridgehead atoms. The van der Waals surface area contributed by atoms with Gasteiger partial charge < -0.3 is 10.1 Å². The second-order valence-corrected chi connectivity index (χ2v) is 4.74. The van der Waals surface area contributed by atoms with Gasteiger partial charge in [0.1, 0.15) is 11.7 Å². The molecular weight excluding hydrogens is 319 g/mol. The number of nitrogens with zero attached hydrogens (tertiary/aromatic N) is 3. The minimum Gasteiger partial charge on any atom is -0.468 e. The van der Waals surface area contributed by atoms with Crippen LogP contribution in [-0.4, -0.2) is 33.8 Å². The average molecular weight is 329 g/mol. The van der Waals surface area contributed by atoms with E-state index in [1.807, 2.05) is 0 Å². The maximum absolute atomic E-state index is 12.1. The van der Waals surface area contributed by atoms with Crippen molar-refractivity contribution in [3.63, 3.8) is 0 Å². The number of nitrogens with one attached hydrogen (secondary N) is 1. The largest absolute Gasteiger partial charge is 0.468 e. The van der Waals surface area contributed by atoms with Gasteiger partial charge in [0.15, 0.2) is 0 Å². The summed E-state index contributed by atoms with van der Waals surface area (Å²) in [7, 11) is 1.28. The summed E-state index contributed by atoms with van der Waals surface area (Å²) in [4.78, 5) is 26.9. The van der Waals surface area contributed by atoms with E-state index < -0.39 is 11.9 Å². The van der Waals surface area contributed by atoms with E-state index in [0.29, 0.717) is 5.69 Å². The first-order valence-electron chi connectivity index (χ1n) is 5.71. The summed E-state index contributed by atoms with van der Waals surface area (Å²) in [5.74, 6) is -0.901. The molecule has 2 heterocycles. The summed E-state index contributed by atoms with van der Waals surface area (Å²) in [5.41, 5.74) is 0.602. The molecule has 0 radical (unpaired) electrons. The van der Waals surface area contributed by atoms with Gasteiger partial charge in [-0.25, -0.2) is 4.98 Å². The molecule has 0 aliphatic heterocycles. The Morgan fingerprint density at radius 3 is 2.86 bits per heavy atom. The highest BCUT2D eigenvalue weighted by molar-refractivity contribution is 6.35. The third-order valence-electron chi connectivity index (χ3n) is 2.48. The Balaban J connectivity index is 2.09. The smallest absolute Gasteiger partial charge is 0.327 e. The van der Waals surface area contributed by atoms with Crippen molar-refractivity contribution in [3.05, 3.63) is 40.4 Å². The predicted molar refractivity (Wildman–Crippen MR) is 76.5 cm³/mol. The van der Waals surface area contributed by atoms with Crippen LogP contribution in [0, 0.1) is 0 Å². The molecule has 0 saturated carbocycles. The van der Waals surface area contributed by atoms with Crippen molar-refractivity contribution >= 4 is 40.8 Å². The lowest BCUT2D eigenvalue weighted by molar-refractivity contribution is -0.141. The van der Waals surface area contributed by atoms with Crippen LogP contribution in [0.5, 0.6) is 0 Å². The van der Waals surface area contributed by atoms with Crippen molar-refractivity contribution in [2.75, 3.05) is 12.4 Å². The standard InChI is InChI=1S/C12H10Cl2N4O3/c1-21-11(19)6-18-5-7(3-16-18)17-12(20)8-2-10(14)15-4-9(8)13/h2-5H,6H2,1H3,(H,17,20). The van der Waals surface area contributed by atoms with Crippen LogP contribution in [0.4, 0.5) is 5.69 Å². The number of aromatic nitrogens is 3. The first-order chi connectivity index (χ1) is 9.99. The molecule has 2 aromatic rings. The fourth-order valence-electron chi connectivity index (χ4n) is 1.50. The Labute approximate surface area is 129 Å². The third-order valence-corrected chi connectivity index (χ3v) is 2.98. The topological polar surface area (TPSA) is 86.1 Å². The Morgan fingerprint density at radius 2 is 2.14 bits per heavy atom. The number of amides is 1. The molecule has 21 heavy (non-hydrogen) atoms. The van der Waals surface area contributed by atoms with Crippen LogP contribution in [0.2, 0.25) is 10.2 Å². The van der Waals surface area contributed by atoms with E-state index in [4.69, 9.17) is 23.2 Å². The van der Waals surface area contributed by atoms with E-state index in [0.717, 1.165) is 0 Å². The van der Waals surface area contributed by atoms with E-state index in [-0.39, 0.29) is 22.3 Å². The molecule has 0 aromatic carbocycles. The number of anilines is 1. The maximum atomic E-state index is 12.1. The molecule has 0 atom stereocenters. The van der Waals surface area contributed by atoms with Gasteiger partial charge in [-0.05, 0) is 6.07 Å². The minimum atomic E-state index is -0.457. The molecule has 1 N–H and O–H groups in total. The monoisotopic (exact) mass is 328 g/mol. The number of esters is 1. The van der Waals surface area contributed by atoms with Crippen molar-refractivity contribution in [2.24, 2.45) is 0 Å². The van der Waals surface area contributed by atoms with Gasteiger partial charge >= 0.3 is 5.97 Å². The van der Waals surface area contributed by atoms with Crippen molar-refractivity contribution < 1.29 is 14.3 Å². The van der Waals surface area contributed by atoms with Gasteiger partial charge in [0, 0.05) is 12.4 Å². The molecule has 7 nitrogen and oxygen atoms in total. The van der Waals surface area contributed by atoms with E-state index in [9.17, 15) is 9.59 Å². The van der Waals surface area contributed by atoms with E-state index in [1.54, 1.807) is 0 Å². The van der Waals surface area contributed by atoms with Crippen LogP contribution in [-0.2, 0) is 16.1 Å². The van der Waals surface area contributed by atoms with Gasteiger partial charge in [-0.3, -0.25) is 14.3 Å². The van der Waals surface area contributed by atoms with Crippen LogP contribution in [0.15, 0.2) is 24.7 Å². The Hall–Kier alpha value is -2.12. The normalized spacial score (nSPS) is 10.2. The molecule has 0 unspecified atom stereocenters. The molecule has 9 heteroatoms. The summed E-state index contributed by atoms with van der Waals surface area (Å²) in [6.45, 7) is -0.0474. The highest BCUT2D eigenvalue weighted by Gasteiger charge is 2.13. The molecule has 0 spiro atoms. The van der Waals surface area contributed by atoms with Crippen molar-refractivity contribution in [2.45, 2.75) is 6.54 Å². The first kappa shape index (κ1) is 15.3. The van der Waals surface area contributed by atoms with Crippen molar-refractivity contribution in [1.82, 2.24) is 14.8 Å². The summed E-state index contributed by atoms with van der Waals surface area (Å²) < 4.78 is 5.85. The molecule has 0 aliphatic carbocycles. The van der Waals surface area contributed by atoms with Gasteiger partial charge in [-0.1, -0.05) is 23.2 Å². The van der Waals surface area contributed by atoms with Crippen LogP contribution >= 0.6 is 23.2 Å². The molecule has 0 saturated heterocycles. The number of halogens is 2. The summed E-state index contributed by atoms with van der Waals surface area (Å²) in [6, 6.07) is 1.36.